The van der Waals surface area contributed by atoms with E-state index in [1.165, 1.54) is 0 Å². The molecule has 0 aliphatic rings. The second-order valence-corrected chi connectivity index (χ2v) is 4.53. The fourth-order valence-corrected chi connectivity index (χ4v) is 2.06. The predicted octanol–water partition coefficient (Wildman–Crippen LogP) is 2.27. The average Bonchev–Trinajstić information content (AvgIpc) is 2.94. The lowest BCUT2D eigenvalue weighted by molar-refractivity contribution is 0.102. The van der Waals surface area contributed by atoms with Gasteiger partial charge in [-0.15, -0.1) is 0 Å². The van der Waals surface area contributed by atoms with Crippen LogP contribution in [-0.4, -0.2) is 16.1 Å². The van der Waals surface area contributed by atoms with Crippen molar-refractivity contribution in [2.45, 2.75) is 6.54 Å². The van der Waals surface area contributed by atoms with Gasteiger partial charge in [-0.2, -0.15) is 5.10 Å². The summed E-state index contributed by atoms with van der Waals surface area (Å²) < 4.78 is 0. The van der Waals surface area contributed by atoms with Gasteiger partial charge in [-0.05, 0) is 29.8 Å². The molecule has 0 fully saturated rings. The molecule has 0 aliphatic heterocycles. The van der Waals surface area contributed by atoms with Crippen LogP contribution < -0.4 is 11.1 Å². The Morgan fingerprint density at radius 2 is 2.15 bits per heavy atom. The molecule has 100 valence electrons. The Bertz CT molecular complexity index is 763. The van der Waals surface area contributed by atoms with Gasteiger partial charge in [-0.1, -0.05) is 18.2 Å². The molecule has 0 spiro atoms. The number of carbonyl (C=O) groups excluding carboxylic acids is 1. The van der Waals surface area contributed by atoms with Crippen molar-refractivity contribution in [1.82, 2.24) is 10.2 Å². The van der Waals surface area contributed by atoms with Gasteiger partial charge in [-0.25, -0.2) is 0 Å². The molecule has 3 aromatic rings. The fourth-order valence-electron chi connectivity index (χ4n) is 2.06. The Kier molecular flexibility index (Phi) is 3.18. The van der Waals surface area contributed by atoms with Crippen LogP contribution in [0.15, 0.2) is 48.7 Å². The second kappa shape index (κ2) is 5.14. The summed E-state index contributed by atoms with van der Waals surface area (Å²) in [4.78, 5) is 12.2. The molecule has 0 radical (unpaired) electrons. The highest BCUT2D eigenvalue weighted by Crippen LogP contribution is 2.15. The van der Waals surface area contributed by atoms with Gasteiger partial charge in [0.1, 0.15) is 0 Å². The Hall–Kier alpha value is -2.66. The summed E-state index contributed by atoms with van der Waals surface area (Å²) in [7, 11) is 0. The molecule has 5 nitrogen and oxygen atoms in total. The Balaban J connectivity index is 1.84. The summed E-state index contributed by atoms with van der Waals surface area (Å²) in [6.07, 6.45) is 1.72. The highest BCUT2D eigenvalue weighted by molar-refractivity contribution is 6.06. The van der Waals surface area contributed by atoms with Gasteiger partial charge in [0, 0.05) is 23.2 Å². The average molecular weight is 266 g/mol. The third-order valence-electron chi connectivity index (χ3n) is 3.12. The highest BCUT2D eigenvalue weighted by atomic mass is 16.1. The first-order chi connectivity index (χ1) is 9.76. The third kappa shape index (κ3) is 2.39. The minimum absolute atomic E-state index is 0.157. The molecule has 1 aromatic heterocycles. The van der Waals surface area contributed by atoms with E-state index < -0.39 is 0 Å². The van der Waals surface area contributed by atoms with E-state index in [4.69, 9.17) is 5.73 Å². The van der Waals surface area contributed by atoms with Crippen LogP contribution in [0.5, 0.6) is 0 Å². The van der Waals surface area contributed by atoms with E-state index in [9.17, 15) is 4.79 Å². The van der Waals surface area contributed by atoms with E-state index in [-0.39, 0.29) is 5.91 Å². The maximum absolute atomic E-state index is 12.2. The van der Waals surface area contributed by atoms with Crippen molar-refractivity contribution in [3.8, 4) is 0 Å². The first-order valence-corrected chi connectivity index (χ1v) is 6.30. The van der Waals surface area contributed by atoms with E-state index in [1.807, 2.05) is 30.3 Å². The van der Waals surface area contributed by atoms with Crippen LogP contribution in [0.3, 0.4) is 0 Å². The number of rotatable bonds is 3. The lowest BCUT2D eigenvalue weighted by atomic mass is 10.1. The van der Waals surface area contributed by atoms with Crippen molar-refractivity contribution < 1.29 is 4.79 Å². The summed E-state index contributed by atoms with van der Waals surface area (Å²) in [6, 6.07) is 12.9. The number of aromatic nitrogens is 2. The first-order valence-electron chi connectivity index (χ1n) is 6.30. The summed E-state index contributed by atoms with van der Waals surface area (Å²) >= 11 is 0. The van der Waals surface area contributed by atoms with Gasteiger partial charge in [0.15, 0.2) is 0 Å². The van der Waals surface area contributed by atoms with Crippen molar-refractivity contribution in [2.75, 3.05) is 5.32 Å². The standard InChI is InChI=1S/C15H14N4O/c16-8-10-2-1-3-13(6-10)18-15(20)11-4-5-12-9-17-19-14(12)7-11/h1-7,9H,8,16H2,(H,17,19)(H,18,20). The summed E-state index contributed by atoms with van der Waals surface area (Å²) in [5.74, 6) is -0.157. The van der Waals surface area contributed by atoms with Crippen molar-refractivity contribution in [3.05, 3.63) is 59.8 Å². The molecule has 20 heavy (non-hydrogen) atoms. The number of aromatic amines is 1. The number of fused-ring (bicyclic) bond motifs is 1. The molecule has 0 saturated carbocycles. The van der Waals surface area contributed by atoms with Crippen molar-refractivity contribution >= 4 is 22.5 Å². The van der Waals surface area contributed by atoms with E-state index in [2.05, 4.69) is 15.5 Å². The van der Waals surface area contributed by atoms with Crippen molar-refractivity contribution in [3.63, 3.8) is 0 Å². The lowest BCUT2D eigenvalue weighted by Gasteiger charge is -2.06. The quantitative estimate of drug-likeness (QED) is 0.680. The number of nitrogens with zero attached hydrogens (tertiary/aromatic N) is 1. The smallest absolute Gasteiger partial charge is 0.255 e. The van der Waals surface area contributed by atoms with Crippen LogP contribution in [0.4, 0.5) is 5.69 Å². The van der Waals surface area contributed by atoms with E-state index in [0.29, 0.717) is 12.1 Å². The van der Waals surface area contributed by atoms with Gasteiger partial charge in [0.2, 0.25) is 0 Å². The van der Waals surface area contributed by atoms with Crippen molar-refractivity contribution in [2.24, 2.45) is 5.73 Å². The van der Waals surface area contributed by atoms with E-state index >= 15 is 0 Å². The number of H-pyrrole nitrogens is 1. The molecule has 0 bridgehead atoms. The fraction of sp³-hybridized carbons (Fsp3) is 0.0667. The molecule has 0 saturated heterocycles. The Morgan fingerprint density at radius 1 is 1.25 bits per heavy atom. The first kappa shape index (κ1) is 12.4. The number of hydrogen-bond donors (Lipinski definition) is 3. The number of carbonyl (C=O) groups is 1. The minimum Gasteiger partial charge on any atom is -0.326 e. The van der Waals surface area contributed by atoms with Crippen LogP contribution in [0, 0.1) is 0 Å². The molecular formula is C15H14N4O. The highest BCUT2D eigenvalue weighted by Gasteiger charge is 2.07. The normalized spacial score (nSPS) is 10.7. The SMILES string of the molecule is NCc1cccc(NC(=O)c2ccc3cn[nH]c3c2)c1. The molecule has 3 rings (SSSR count). The van der Waals surface area contributed by atoms with Gasteiger partial charge in [0.05, 0.1) is 11.7 Å². The van der Waals surface area contributed by atoms with Crippen molar-refractivity contribution in [1.29, 1.82) is 0 Å². The number of nitrogens with two attached hydrogens (primary N) is 1. The van der Waals surface area contributed by atoms with Gasteiger partial charge in [0.25, 0.3) is 5.91 Å². The maximum Gasteiger partial charge on any atom is 0.255 e. The third-order valence-corrected chi connectivity index (χ3v) is 3.12. The molecule has 1 heterocycles. The zero-order valence-corrected chi connectivity index (χ0v) is 10.8. The number of anilines is 1. The minimum atomic E-state index is -0.157. The van der Waals surface area contributed by atoms with Crippen LogP contribution in [-0.2, 0) is 6.54 Å². The maximum atomic E-state index is 12.2. The summed E-state index contributed by atoms with van der Waals surface area (Å²) in [6.45, 7) is 0.448. The molecule has 0 unspecified atom stereocenters. The van der Waals surface area contributed by atoms with Crippen LogP contribution >= 0.6 is 0 Å². The number of hydrogen-bond acceptors (Lipinski definition) is 3. The zero-order valence-electron chi connectivity index (χ0n) is 10.8. The van der Waals surface area contributed by atoms with Crippen LogP contribution in [0.2, 0.25) is 0 Å². The molecule has 4 N–H and O–H groups in total. The zero-order chi connectivity index (χ0) is 13.9. The number of amides is 1. The summed E-state index contributed by atoms with van der Waals surface area (Å²) in [5, 5.41) is 10.6. The molecule has 0 aliphatic carbocycles. The van der Waals surface area contributed by atoms with Crippen LogP contribution in [0.1, 0.15) is 15.9 Å². The predicted molar refractivity (Wildman–Crippen MR) is 78.4 cm³/mol. The molecular weight excluding hydrogens is 252 g/mol. The topological polar surface area (TPSA) is 83.8 Å². The molecule has 0 atom stereocenters. The monoisotopic (exact) mass is 266 g/mol. The second-order valence-electron chi connectivity index (χ2n) is 4.53. The molecule has 2 aromatic carbocycles. The lowest BCUT2D eigenvalue weighted by Crippen LogP contribution is -2.12. The largest absolute Gasteiger partial charge is 0.326 e. The van der Waals surface area contributed by atoms with E-state index in [0.717, 1.165) is 22.2 Å². The molecule has 5 heteroatoms. The van der Waals surface area contributed by atoms with Gasteiger partial charge in [-0.3, -0.25) is 9.89 Å². The van der Waals surface area contributed by atoms with Crippen LogP contribution in [0.25, 0.3) is 10.9 Å². The van der Waals surface area contributed by atoms with E-state index in [1.54, 1.807) is 18.3 Å². The Morgan fingerprint density at radius 3 is 3.00 bits per heavy atom. The summed E-state index contributed by atoms with van der Waals surface area (Å²) in [5.41, 5.74) is 8.73. The number of nitrogens with one attached hydrogen (secondary N) is 2. The number of benzene rings is 2. The molecule has 1 amide bonds. The van der Waals surface area contributed by atoms with Gasteiger partial charge >= 0.3 is 0 Å². The Labute approximate surface area is 115 Å². The van der Waals surface area contributed by atoms with Gasteiger partial charge < -0.3 is 11.1 Å².